The number of hydrogen-bond donors (Lipinski definition) is 2. The van der Waals surface area contributed by atoms with Crippen LogP contribution in [0.15, 0.2) is 11.2 Å². The predicted octanol–water partition coefficient (Wildman–Crippen LogP) is 2.42. The number of hydrogen-bond acceptors (Lipinski definition) is 5. The number of halogens is 1. The summed E-state index contributed by atoms with van der Waals surface area (Å²) in [6.07, 6.45) is 5.21. The lowest BCUT2D eigenvalue weighted by Crippen LogP contribution is -2.26. The Bertz CT molecular complexity index is 391. The largest absolute Gasteiger partial charge is 0.396 e. The quantitative estimate of drug-likeness (QED) is 0.501. The molecule has 0 aliphatic heterocycles. The van der Waals surface area contributed by atoms with Crippen LogP contribution in [0.3, 0.4) is 0 Å². The molecule has 1 aromatic heterocycles. The van der Waals surface area contributed by atoms with Crippen molar-refractivity contribution in [2.24, 2.45) is 5.92 Å². The molecule has 0 bridgehead atoms. The highest BCUT2D eigenvalue weighted by atomic mass is 35.5. The molecular weight excluding hydrogens is 258 g/mol. The van der Waals surface area contributed by atoms with Crippen LogP contribution in [0.4, 0.5) is 5.82 Å². The van der Waals surface area contributed by atoms with Gasteiger partial charge in [-0.3, -0.25) is 0 Å². The standard InChI is InChI=1S/C11H16ClN3OS/c1-17-11-14-9(12)5-10(15-11)13-8-4-2-3-7(8)6-16/h5,7-8,16H,2-4,6H2,1H3,(H,13,14,15). The van der Waals surface area contributed by atoms with Crippen LogP contribution in [0.2, 0.25) is 5.15 Å². The molecule has 1 aliphatic carbocycles. The number of nitrogens with zero attached hydrogens (tertiary/aromatic N) is 2. The van der Waals surface area contributed by atoms with E-state index in [0.717, 1.165) is 25.1 Å². The molecule has 2 atom stereocenters. The summed E-state index contributed by atoms with van der Waals surface area (Å²) in [5, 5.41) is 13.7. The van der Waals surface area contributed by atoms with Crippen molar-refractivity contribution in [3.8, 4) is 0 Å². The Kier molecular flexibility index (Phi) is 4.48. The van der Waals surface area contributed by atoms with Gasteiger partial charge in [0.15, 0.2) is 5.16 Å². The average Bonchev–Trinajstić information content (AvgIpc) is 2.75. The molecule has 17 heavy (non-hydrogen) atoms. The fourth-order valence-electron chi connectivity index (χ4n) is 2.20. The molecule has 1 saturated carbocycles. The fourth-order valence-corrected chi connectivity index (χ4v) is 2.81. The number of rotatable bonds is 4. The summed E-state index contributed by atoms with van der Waals surface area (Å²) < 4.78 is 0. The van der Waals surface area contributed by atoms with Gasteiger partial charge in [-0.15, -0.1) is 0 Å². The fraction of sp³-hybridized carbons (Fsp3) is 0.636. The van der Waals surface area contributed by atoms with Crippen molar-refractivity contribution < 1.29 is 5.11 Å². The molecule has 1 heterocycles. The minimum absolute atomic E-state index is 0.228. The van der Waals surface area contributed by atoms with E-state index < -0.39 is 0 Å². The summed E-state index contributed by atoms with van der Waals surface area (Å²) in [4.78, 5) is 8.45. The first-order valence-electron chi connectivity index (χ1n) is 5.69. The molecule has 0 aromatic carbocycles. The van der Waals surface area contributed by atoms with E-state index >= 15 is 0 Å². The van der Waals surface area contributed by atoms with Crippen LogP contribution in [0, 0.1) is 5.92 Å². The summed E-state index contributed by atoms with van der Waals surface area (Å²) in [7, 11) is 0. The Labute approximate surface area is 110 Å². The average molecular weight is 274 g/mol. The molecule has 1 fully saturated rings. The highest BCUT2D eigenvalue weighted by Gasteiger charge is 2.26. The van der Waals surface area contributed by atoms with Crippen LogP contribution in [0.1, 0.15) is 19.3 Å². The molecule has 2 rings (SSSR count). The first-order valence-corrected chi connectivity index (χ1v) is 7.29. The van der Waals surface area contributed by atoms with E-state index in [0.29, 0.717) is 22.3 Å². The smallest absolute Gasteiger partial charge is 0.190 e. The van der Waals surface area contributed by atoms with Crippen molar-refractivity contribution in [2.45, 2.75) is 30.5 Å². The SMILES string of the molecule is CSc1nc(Cl)cc(NC2CCCC2CO)n1. The van der Waals surface area contributed by atoms with Crippen LogP contribution in [-0.2, 0) is 0 Å². The number of aliphatic hydroxyl groups is 1. The van der Waals surface area contributed by atoms with Crippen molar-refractivity contribution in [1.29, 1.82) is 0 Å². The second kappa shape index (κ2) is 5.89. The second-order valence-corrected chi connectivity index (χ2v) is 5.35. The molecule has 2 N–H and O–H groups in total. The first-order chi connectivity index (χ1) is 8.22. The maximum Gasteiger partial charge on any atom is 0.190 e. The minimum atomic E-state index is 0.228. The molecule has 4 nitrogen and oxygen atoms in total. The van der Waals surface area contributed by atoms with Crippen molar-refractivity contribution in [1.82, 2.24) is 9.97 Å². The molecule has 2 unspecified atom stereocenters. The maximum absolute atomic E-state index is 9.27. The maximum atomic E-state index is 9.27. The number of nitrogens with one attached hydrogen (secondary N) is 1. The molecule has 6 heteroatoms. The summed E-state index contributed by atoms with van der Waals surface area (Å²) in [5.41, 5.74) is 0. The van der Waals surface area contributed by atoms with E-state index in [-0.39, 0.29) is 6.61 Å². The Morgan fingerprint density at radius 2 is 2.35 bits per heavy atom. The topological polar surface area (TPSA) is 58.0 Å². The zero-order valence-corrected chi connectivity index (χ0v) is 11.3. The van der Waals surface area contributed by atoms with Crippen LogP contribution < -0.4 is 5.32 Å². The molecule has 1 aromatic rings. The zero-order valence-electron chi connectivity index (χ0n) is 9.69. The van der Waals surface area contributed by atoms with Gasteiger partial charge in [0.2, 0.25) is 0 Å². The van der Waals surface area contributed by atoms with Gasteiger partial charge < -0.3 is 10.4 Å². The van der Waals surface area contributed by atoms with Gasteiger partial charge in [0, 0.05) is 24.6 Å². The van der Waals surface area contributed by atoms with Gasteiger partial charge in [-0.2, -0.15) is 0 Å². The van der Waals surface area contributed by atoms with Gasteiger partial charge in [-0.1, -0.05) is 29.8 Å². The molecule has 0 spiro atoms. The molecule has 0 amide bonds. The van der Waals surface area contributed by atoms with Gasteiger partial charge in [-0.05, 0) is 19.1 Å². The monoisotopic (exact) mass is 273 g/mol. The number of anilines is 1. The molecule has 94 valence electrons. The second-order valence-electron chi connectivity index (χ2n) is 4.19. The van der Waals surface area contributed by atoms with Crippen molar-refractivity contribution >= 4 is 29.2 Å². The van der Waals surface area contributed by atoms with Crippen LogP contribution in [0.5, 0.6) is 0 Å². The normalized spacial score (nSPS) is 23.9. The Balaban J connectivity index is 2.09. The minimum Gasteiger partial charge on any atom is -0.396 e. The van der Waals surface area contributed by atoms with E-state index in [1.54, 1.807) is 6.07 Å². The zero-order chi connectivity index (χ0) is 12.3. The van der Waals surface area contributed by atoms with E-state index in [1.807, 2.05) is 6.26 Å². The first kappa shape index (κ1) is 12.9. The van der Waals surface area contributed by atoms with Crippen molar-refractivity contribution in [2.75, 3.05) is 18.2 Å². The molecule has 0 saturated heterocycles. The Morgan fingerprint density at radius 3 is 3.06 bits per heavy atom. The van der Waals surface area contributed by atoms with Gasteiger partial charge in [-0.25, -0.2) is 9.97 Å². The lowest BCUT2D eigenvalue weighted by Gasteiger charge is -2.19. The third-order valence-electron chi connectivity index (χ3n) is 3.08. The lowest BCUT2D eigenvalue weighted by molar-refractivity contribution is 0.222. The van der Waals surface area contributed by atoms with E-state index in [1.165, 1.54) is 11.8 Å². The Hall–Kier alpha value is -0.520. The summed E-state index contributed by atoms with van der Waals surface area (Å²) in [5.74, 6) is 1.07. The summed E-state index contributed by atoms with van der Waals surface area (Å²) >= 11 is 7.40. The highest BCUT2D eigenvalue weighted by Crippen LogP contribution is 2.28. The van der Waals surface area contributed by atoms with Crippen LogP contribution in [-0.4, -0.2) is 34.0 Å². The van der Waals surface area contributed by atoms with Gasteiger partial charge in [0.05, 0.1) is 0 Å². The molecular formula is C11H16ClN3OS. The summed E-state index contributed by atoms with van der Waals surface area (Å²) in [6, 6.07) is 2.02. The molecule has 0 radical (unpaired) electrons. The van der Waals surface area contributed by atoms with Crippen LogP contribution in [0.25, 0.3) is 0 Å². The number of aliphatic hydroxyl groups excluding tert-OH is 1. The number of aromatic nitrogens is 2. The number of thioether (sulfide) groups is 1. The summed E-state index contributed by atoms with van der Waals surface area (Å²) in [6.45, 7) is 0.228. The van der Waals surface area contributed by atoms with Gasteiger partial charge in [0.1, 0.15) is 11.0 Å². The predicted molar refractivity (Wildman–Crippen MR) is 70.7 cm³/mol. The van der Waals surface area contributed by atoms with Gasteiger partial charge >= 0.3 is 0 Å². The third-order valence-corrected chi connectivity index (χ3v) is 3.83. The molecule has 1 aliphatic rings. The van der Waals surface area contributed by atoms with Crippen LogP contribution >= 0.6 is 23.4 Å². The van der Waals surface area contributed by atoms with Gasteiger partial charge in [0.25, 0.3) is 0 Å². The Morgan fingerprint density at radius 1 is 1.53 bits per heavy atom. The van der Waals surface area contributed by atoms with E-state index in [9.17, 15) is 5.11 Å². The van der Waals surface area contributed by atoms with Crippen molar-refractivity contribution in [3.05, 3.63) is 11.2 Å². The third kappa shape index (κ3) is 3.24. The lowest BCUT2D eigenvalue weighted by atomic mass is 10.1. The van der Waals surface area contributed by atoms with Crippen molar-refractivity contribution in [3.63, 3.8) is 0 Å². The van der Waals surface area contributed by atoms with E-state index in [2.05, 4.69) is 15.3 Å². The van der Waals surface area contributed by atoms with E-state index in [4.69, 9.17) is 11.6 Å². The highest BCUT2D eigenvalue weighted by molar-refractivity contribution is 7.98.